The standard InChI is InChI=1S/C13H10ClN3O/c1-7-15-11-6-10(17-12(11)13(18)16-7)8-3-2-4-9(14)5-8/h2-6,17H,1H3,(H,15,16,18). The highest BCUT2D eigenvalue weighted by molar-refractivity contribution is 6.30. The van der Waals surface area contributed by atoms with Gasteiger partial charge < -0.3 is 9.97 Å². The molecule has 2 N–H and O–H groups in total. The number of aromatic amines is 2. The van der Waals surface area contributed by atoms with Gasteiger partial charge in [0.25, 0.3) is 5.56 Å². The van der Waals surface area contributed by atoms with E-state index in [4.69, 9.17) is 11.6 Å². The van der Waals surface area contributed by atoms with Gasteiger partial charge in [-0.3, -0.25) is 4.79 Å². The van der Waals surface area contributed by atoms with Crippen LogP contribution in [0.2, 0.25) is 5.02 Å². The molecule has 0 aliphatic heterocycles. The third-order valence-electron chi connectivity index (χ3n) is 2.74. The van der Waals surface area contributed by atoms with Crippen molar-refractivity contribution in [1.29, 1.82) is 0 Å². The molecule has 0 amide bonds. The molecule has 5 heteroatoms. The third kappa shape index (κ3) is 1.80. The van der Waals surface area contributed by atoms with Crippen LogP contribution in [-0.4, -0.2) is 15.0 Å². The van der Waals surface area contributed by atoms with Crippen LogP contribution in [0.15, 0.2) is 35.1 Å². The van der Waals surface area contributed by atoms with E-state index < -0.39 is 0 Å². The van der Waals surface area contributed by atoms with Crippen molar-refractivity contribution in [3.8, 4) is 11.3 Å². The number of nitrogens with zero attached hydrogens (tertiary/aromatic N) is 1. The summed E-state index contributed by atoms with van der Waals surface area (Å²) in [6.45, 7) is 1.76. The van der Waals surface area contributed by atoms with Gasteiger partial charge in [0.15, 0.2) is 0 Å². The number of hydrogen-bond acceptors (Lipinski definition) is 2. The maximum Gasteiger partial charge on any atom is 0.275 e. The third-order valence-corrected chi connectivity index (χ3v) is 2.98. The van der Waals surface area contributed by atoms with Gasteiger partial charge in [-0.25, -0.2) is 4.98 Å². The van der Waals surface area contributed by atoms with Gasteiger partial charge in [-0.2, -0.15) is 0 Å². The van der Waals surface area contributed by atoms with E-state index in [0.717, 1.165) is 11.3 Å². The van der Waals surface area contributed by atoms with Crippen LogP contribution in [-0.2, 0) is 0 Å². The molecule has 0 saturated carbocycles. The SMILES string of the molecule is Cc1nc2cc(-c3cccc(Cl)c3)[nH]c2c(=O)[nH]1. The van der Waals surface area contributed by atoms with Crippen molar-refractivity contribution in [3.63, 3.8) is 0 Å². The summed E-state index contributed by atoms with van der Waals surface area (Å²) in [4.78, 5) is 21.8. The van der Waals surface area contributed by atoms with Crippen molar-refractivity contribution in [2.45, 2.75) is 6.92 Å². The summed E-state index contributed by atoms with van der Waals surface area (Å²) < 4.78 is 0. The summed E-state index contributed by atoms with van der Waals surface area (Å²) in [5, 5.41) is 0.657. The van der Waals surface area contributed by atoms with Crippen molar-refractivity contribution in [2.24, 2.45) is 0 Å². The molecule has 2 heterocycles. The molecule has 0 fully saturated rings. The lowest BCUT2D eigenvalue weighted by Gasteiger charge is -1.97. The molecule has 3 rings (SSSR count). The summed E-state index contributed by atoms with van der Waals surface area (Å²) in [7, 11) is 0. The van der Waals surface area contributed by atoms with Gasteiger partial charge in [-0.1, -0.05) is 23.7 Å². The second-order valence-electron chi connectivity index (χ2n) is 4.10. The Bertz CT molecular complexity index is 788. The monoisotopic (exact) mass is 259 g/mol. The highest BCUT2D eigenvalue weighted by Crippen LogP contribution is 2.23. The number of rotatable bonds is 1. The molecule has 0 unspecified atom stereocenters. The number of nitrogens with one attached hydrogen (secondary N) is 2. The quantitative estimate of drug-likeness (QED) is 0.706. The Morgan fingerprint density at radius 1 is 1.22 bits per heavy atom. The van der Waals surface area contributed by atoms with Crippen LogP contribution in [0.1, 0.15) is 5.82 Å². The van der Waals surface area contributed by atoms with Crippen LogP contribution in [0.4, 0.5) is 0 Å². The molecular formula is C13H10ClN3O. The van der Waals surface area contributed by atoms with E-state index in [1.165, 1.54) is 0 Å². The Morgan fingerprint density at radius 3 is 2.83 bits per heavy atom. The van der Waals surface area contributed by atoms with Crippen LogP contribution in [0.25, 0.3) is 22.3 Å². The lowest BCUT2D eigenvalue weighted by Crippen LogP contribution is -2.09. The number of halogens is 1. The van der Waals surface area contributed by atoms with Crippen LogP contribution in [0, 0.1) is 6.92 Å². The maximum atomic E-state index is 11.8. The van der Waals surface area contributed by atoms with Crippen molar-refractivity contribution in [1.82, 2.24) is 15.0 Å². The predicted octanol–water partition coefficient (Wildman–Crippen LogP) is 2.88. The Balaban J connectivity index is 2.26. The first-order valence-electron chi connectivity index (χ1n) is 5.49. The highest BCUT2D eigenvalue weighted by Gasteiger charge is 2.08. The van der Waals surface area contributed by atoms with Gasteiger partial charge in [0.05, 0.1) is 5.52 Å². The lowest BCUT2D eigenvalue weighted by atomic mass is 10.1. The molecular weight excluding hydrogens is 250 g/mol. The molecule has 90 valence electrons. The van der Waals surface area contributed by atoms with Gasteiger partial charge in [-0.05, 0) is 30.7 Å². The molecule has 18 heavy (non-hydrogen) atoms. The van der Waals surface area contributed by atoms with E-state index in [2.05, 4.69) is 15.0 Å². The largest absolute Gasteiger partial charge is 0.349 e. The van der Waals surface area contributed by atoms with Crippen molar-refractivity contribution < 1.29 is 0 Å². The zero-order chi connectivity index (χ0) is 12.7. The Labute approximate surface area is 108 Å². The summed E-state index contributed by atoms with van der Waals surface area (Å²) in [5.74, 6) is 0.601. The number of hydrogen-bond donors (Lipinski definition) is 2. The first kappa shape index (κ1) is 11.0. The summed E-state index contributed by atoms with van der Waals surface area (Å²) in [6.07, 6.45) is 0. The second kappa shape index (κ2) is 3.99. The van der Waals surface area contributed by atoms with E-state index in [1.807, 2.05) is 30.3 Å². The number of benzene rings is 1. The van der Waals surface area contributed by atoms with Gasteiger partial charge in [0, 0.05) is 10.7 Å². The van der Waals surface area contributed by atoms with E-state index in [0.29, 0.717) is 21.9 Å². The Kier molecular flexibility index (Phi) is 2.45. The topological polar surface area (TPSA) is 61.5 Å². The summed E-state index contributed by atoms with van der Waals surface area (Å²) >= 11 is 5.95. The van der Waals surface area contributed by atoms with Crippen LogP contribution in [0.5, 0.6) is 0 Å². The molecule has 0 spiro atoms. The predicted molar refractivity (Wildman–Crippen MR) is 71.9 cm³/mol. The first-order chi connectivity index (χ1) is 8.63. The molecule has 0 radical (unpaired) electrons. The molecule has 2 aromatic heterocycles. The highest BCUT2D eigenvalue weighted by atomic mass is 35.5. The lowest BCUT2D eigenvalue weighted by molar-refractivity contribution is 1.06. The average molecular weight is 260 g/mol. The Morgan fingerprint density at radius 2 is 2.06 bits per heavy atom. The summed E-state index contributed by atoms with van der Waals surface area (Å²) in [5.41, 5.74) is 2.74. The minimum atomic E-state index is -0.161. The van der Waals surface area contributed by atoms with Crippen molar-refractivity contribution in [2.75, 3.05) is 0 Å². The molecule has 0 aliphatic carbocycles. The fourth-order valence-electron chi connectivity index (χ4n) is 1.95. The second-order valence-corrected chi connectivity index (χ2v) is 4.54. The number of aromatic nitrogens is 3. The molecule has 0 bridgehead atoms. The van der Waals surface area contributed by atoms with Gasteiger partial charge in [-0.15, -0.1) is 0 Å². The Hall–Kier alpha value is -2.07. The van der Waals surface area contributed by atoms with Crippen molar-refractivity contribution >= 4 is 22.6 Å². The molecule has 1 aromatic carbocycles. The van der Waals surface area contributed by atoms with E-state index in [9.17, 15) is 4.79 Å². The zero-order valence-corrected chi connectivity index (χ0v) is 10.4. The van der Waals surface area contributed by atoms with E-state index in [1.54, 1.807) is 6.92 Å². The molecule has 3 aromatic rings. The van der Waals surface area contributed by atoms with Gasteiger partial charge in [0.2, 0.25) is 0 Å². The minimum Gasteiger partial charge on any atom is -0.349 e. The number of fused-ring (bicyclic) bond motifs is 1. The average Bonchev–Trinajstić information content (AvgIpc) is 2.73. The minimum absolute atomic E-state index is 0.161. The molecule has 4 nitrogen and oxygen atoms in total. The molecule has 0 saturated heterocycles. The van der Waals surface area contributed by atoms with Crippen molar-refractivity contribution in [3.05, 3.63) is 51.5 Å². The normalized spacial score (nSPS) is 11.0. The van der Waals surface area contributed by atoms with Gasteiger partial charge in [0.1, 0.15) is 11.3 Å². The number of H-pyrrole nitrogens is 2. The van der Waals surface area contributed by atoms with E-state index in [-0.39, 0.29) is 5.56 Å². The summed E-state index contributed by atoms with van der Waals surface area (Å²) in [6, 6.07) is 9.29. The number of aryl methyl sites for hydroxylation is 1. The zero-order valence-electron chi connectivity index (χ0n) is 9.62. The molecule has 0 aliphatic rings. The van der Waals surface area contributed by atoms with Crippen LogP contribution < -0.4 is 5.56 Å². The smallest absolute Gasteiger partial charge is 0.275 e. The van der Waals surface area contributed by atoms with Crippen LogP contribution in [0.3, 0.4) is 0 Å². The van der Waals surface area contributed by atoms with E-state index >= 15 is 0 Å². The molecule has 0 atom stereocenters. The fraction of sp³-hybridized carbons (Fsp3) is 0.0769. The maximum absolute atomic E-state index is 11.8. The first-order valence-corrected chi connectivity index (χ1v) is 5.87. The fourth-order valence-corrected chi connectivity index (χ4v) is 2.14. The van der Waals surface area contributed by atoms with Gasteiger partial charge >= 0.3 is 0 Å². The van der Waals surface area contributed by atoms with Crippen LogP contribution >= 0.6 is 11.6 Å².